The minimum atomic E-state index is -1.00. The van der Waals surface area contributed by atoms with Gasteiger partial charge in [0.15, 0.2) is 0 Å². The van der Waals surface area contributed by atoms with Gasteiger partial charge in [0.1, 0.15) is 0 Å². The monoisotopic (exact) mass is 296 g/mol. The van der Waals surface area contributed by atoms with E-state index in [1.54, 1.807) is 18.2 Å². The molecule has 2 N–H and O–H groups in total. The van der Waals surface area contributed by atoms with Gasteiger partial charge in [-0.2, -0.15) is 0 Å². The van der Waals surface area contributed by atoms with E-state index in [9.17, 15) is 9.59 Å². The summed E-state index contributed by atoms with van der Waals surface area (Å²) < 4.78 is 0. The van der Waals surface area contributed by atoms with Gasteiger partial charge >= 0.3 is 11.9 Å². The second kappa shape index (κ2) is 6.26. The summed E-state index contributed by atoms with van der Waals surface area (Å²) >= 11 is 0. The van der Waals surface area contributed by atoms with Crippen molar-refractivity contribution in [3.63, 3.8) is 0 Å². The van der Waals surface area contributed by atoms with Crippen molar-refractivity contribution in [1.82, 2.24) is 0 Å². The van der Waals surface area contributed by atoms with Gasteiger partial charge in [-0.1, -0.05) is 36.4 Å². The van der Waals surface area contributed by atoms with E-state index in [0.29, 0.717) is 11.1 Å². The number of carboxylic acids is 2. The lowest BCUT2D eigenvalue weighted by molar-refractivity contribution is -0.133. The van der Waals surface area contributed by atoms with Gasteiger partial charge in [0.2, 0.25) is 0 Å². The number of rotatable bonds is 4. The first-order chi connectivity index (χ1) is 10.4. The van der Waals surface area contributed by atoms with E-state index < -0.39 is 11.9 Å². The van der Waals surface area contributed by atoms with Crippen LogP contribution in [0.5, 0.6) is 0 Å². The van der Waals surface area contributed by atoms with Gasteiger partial charge in [-0.05, 0) is 47.9 Å². The fraction of sp³-hybridized carbons (Fsp3) is 0.111. The highest BCUT2D eigenvalue weighted by Gasteiger charge is 2.09. The molecule has 0 heterocycles. The van der Waals surface area contributed by atoms with Crippen LogP contribution in [0, 0.1) is 0 Å². The summed E-state index contributed by atoms with van der Waals surface area (Å²) in [6, 6.07) is 11.3. The molecule has 22 heavy (non-hydrogen) atoms. The first-order valence-electron chi connectivity index (χ1n) is 6.75. The fourth-order valence-electron chi connectivity index (χ4n) is 2.17. The van der Waals surface area contributed by atoms with Crippen molar-refractivity contribution in [2.75, 3.05) is 0 Å². The molecule has 0 atom stereocenters. The maximum Gasteiger partial charge on any atom is 0.331 e. The summed E-state index contributed by atoms with van der Waals surface area (Å²) in [4.78, 5) is 22.1. The summed E-state index contributed by atoms with van der Waals surface area (Å²) in [6.07, 6.45) is 3.13. The summed E-state index contributed by atoms with van der Waals surface area (Å²) in [5.41, 5.74) is 1.77. The van der Waals surface area contributed by atoms with Gasteiger partial charge in [-0.25, -0.2) is 9.59 Å². The molecular formula is C18H16O4. The van der Waals surface area contributed by atoms with Gasteiger partial charge < -0.3 is 10.2 Å². The summed E-state index contributed by atoms with van der Waals surface area (Å²) in [7, 11) is 0. The number of carboxylic acid groups (broad SMARTS) is 2. The molecule has 2 aromatic carbocycles. The van der Waals surface area contributed by atoms with E-state index in [2.05, 4.69) is 0 Å². The topological polar surface area (TPSA) is 74.6 Å². The number of aliphatic carboxylic acids is 2. The average Bonchev–Trinajstić information content (AvgIpc) is 2.49. The van der Waals surface area contributed by atoms with E-state index in [4.69, 9.17) is 10.2 Å². The number of hydrogen-bond acceptors (Lipinski definition) is 2. The first kappa shape index (κ1) is 15.5. The lowest BCUT2D eigenvalue weighted by Crippen LogP contribution is -1.98. The Hall–Kier alpha value is -2.88. The molecular weight excluding hydrogens is 280 g/mol. The molecule has 0 fully saturated rings. The highest BCUT2D eigenvalue weighted by molar-refractivity contribution is 6.01. The molecule has 0 aliphatic rings. The molecule has 0 saturated carbocycles. The van der Waals surface area contributed by atoms with Crippen LogP contribution in [0.2, 0.25) is 0 Å². The third-order valence-electron chi connectivity index (χ3n) is 3.41. The SMILES string of the molecule is CC(=Cc1ccc2ccccc2c1C=C(C)C(=O)O)C(=O)O. The average molecular weight is 296 g/mol. The number of carbonyl (C=O) groups is 2. The molecule has 0 aromatic heterocycles. The minimum absolute atomic E-state index is 0.193. The molecule has 2 rings (SSSR count). The van der Waals surface area contributed by atoms with Crippen LogP contribution in [0.1, 0.15) is 25.0 Å². The quantitative estimate of drug-likeness (QED) is 0.841. The molecule has 112 valence electrons. The largest absolute Gasteiger partial charge is 0.478 e. The van der Waals surface area contributed by atoms with Gasteiger partial charge in [-0.3, -0.25) is 0 Å². The third-order valence-corrected chi connectivity index (χ3v) is 3.41. The van der Waals surface area contributed by atoms with Gasteiger partial charge in [0.25, 0.3) is 0 Å². The van der Waals surface area contributed by atoms with Gasteiger partial charge in [-0.15, -0.1) is 0 Å². The van der Waals surface area contributed by atoms with Crippen molar-refractivity contribution in [2.45, 2.75) is 13.8 Å². The van der Waals surface area contributed by atoms with E-state index in [0.717, 1.165) is 10.8 Å². The zero-order valence-corrected chi connectivity index (χ0v) is 12.3. The molecule has 0 aliphatic heterocycles. The molecule has 0 saturated heterocycles. The Balaban J connectivity index is 2.76. The Morgan fingerprint density at radius 2 is 1.45 bits per heavy atom. The predicted molar refractivity (Wildman–Crippen MR) is 86.5 cm³/mol. The zero-order valence-electron chi connectivity index (χ0n) is 12.3. The molecule has 4 nitrogen and oxygen atoms in total. The Labute approximate surface area is 128 Å². The molecule has 0 amide bonds. The molecule has 0 radical (unpaired) electrons. The summed E-state index contributed by atoms with van der Waals surface area (Å²) in [5.74, 6) is -2.00. The van der Waals surface area contributed by atoms with Crippen molar-refractivity contribution >= 4 is 34.9 Å². The molecule has 0 unspecified atom stereocenters. The highest BCUT2D eigenvalue weighted by atomic mass is 16.4. The fourth-order valence-corrected chi connectivity index (χ4v) is 2.17. The van der Waals surface area contributed by atoms with Crippen LogP contribution in [0.4, 0.5) is 0 Å². The van der Waals surface area contributed by atoms with E-state index in [1.165, 1.54) is 13.8 Å². The maximum atomic E-state index is 11.1. The standard InChI is InChI=1S/C18H16O4/c1-11(17(19)20)9-14-8-7-13-5-3-4-6-15(13)16(14)10-12(2)18(21)22/h3-10H,1-2H3,(H,19,20)(H,21,22). The van der Waals surface area contributed by atoms with E-state index in [-0.39, 0.29) is 11.1 Å². The smallest absolute Gasteiger partial charge is 0.331 e. The molecule has 4 heteroatoms. The minimum Gasteiger partial charge on any atom is -0.478 e. The van der Waals surface area contributed by atoms with Crippen molar-refractivity contribution < 1.29 is 19.8 Å². The van der Waals surface area contributed by atoms with Crippen molar-refractivity contribution in [3.8, 4) is 0 Å². The molecule has 2 aromatic rings. The Bertz CT molecular complexity index is 813. The van der Waals surface area contributed by atoms with Gasteiger partial charge in [0, 0.05) is 11.1 Å². The lowest BCUT2D eigenvalue weighted by atomic mass is 9.96. The number of hydrogen-bond donors (Lipinski definition) is 2. The third kappa shape index (κ3) is 3.23. The molecule has 0 spiro atoms. The summed E-state index contributed by atoms with van der Waals surface area (Å²) in [5, 5.41) is 20.0. The molecule has 0 aliphatic carbocycles. The Kier molecular flexibility index (Phi) is 4.41. The maximum absolute atomic E-state index is 11.1. The van der Waals surface area contributed by atoms with Crippen molar-refractivity contribution in [3.05, 3.63) is 58.7 Å². The van der Waals surface area contributed by atoms with Crippen LogP contribution >= 0.6 is 0 Å². The Morgan fingerprint density at radius 1 is 0.864 bits per heavy atom. The van der Waals surface area contributed by atoms with Crippen LogP contribution < -0.4 is 0 Å². The highest BCUT2D eigenvalue weighted by Crippen LogP contribution is 2.26. The molecule has 0 bridgehead atoms. The second-order valence-electron chi connectivity index (χ2n) is 5.05. The van der Waals surface area contributed by atoms with Crippen LogP contribution in [0.3, 0.4) is 0 Å². The van der Waals surface area contributed by atoms with Crippen molar-refractivity contribution in [1.29, 1.82) is 0 Å². The lowest BCUT2D eigenvalue weighted by Gasteiger charge is -2.08. The summed E-state index contributed by atoms with van der Waals surface area (Å²) in [6.45, 7) is 3.02. The zero-order chi connectivity index (χ0) is 16.3. The first-order valence-corrected chi connectivity index (χ1v) is 6.75. The Morgan fingerprint density at radius 3 is 2.09 bits per heavy atom. The van der Waals surface area contributed by atoms with Crippen molar-refractivity contribution in [2.24, 2.45) is 0 Å². The van der Waals surface area contributed by atoms with Crippen LogP contribution in [-0.2, 0) is 9.59 Å². The van der Waals surface area contributed by atoms with Crippen LogP contribution in [-0.4, -0.2) is 22.2 Å². The van der Waals surface area contributed by atoms with Crippen LogP contribution in [0.15, 0.2) is 47.5 Å². The number of benzene rings is 2. The van der Waals surface area contributed by atoms with Crippen LogP contribution in [0.25, 0.3) is 22.9 Å². The van der Waals surface area contributed by atoms with E-state index in [1.807, 2.05) is 30.3 Å². The predicted octanol–water partition coefficient (Wildman–Crippen LogP) is 3.82. The second-order valence-corrected chi connectivity index (χ2v) is 5.05. The number of fused-ring (bicyclic) bond motifs is 1. The van der Waals surface area contributed by atoms with E-state index >= 15 is 0 Å². The normalized spacial score (nSPS) is 12.5. The van der Waals surface area contributed by atoms with Gasteiger partial charge in [0.05, 0.1) is 0 Å².